The molecule has 0 saturated carbocycles. The number of rotatable bonds is 3. The van der Waals surface area contributed by atoms with E-state index in [0.29, 0.717) is 0 Å². The average molecular weight is 248 g/mol. The van der Waals surface area contributed by atoms with Crippen molar-refractivity contribution in [2.75, 3.05) is 11.9 Å². The summed E-state index contributed by atoms with van der Waals surface area (Å²) in [5.74, 6) is 0.827. The molecule has 0 fully saturated rings. The highest BCUT2D eigenvalue weighted by Crippen LogP contribution is 2.15. The molecule has 0 aliphatic heterocycles. The van der Waals surface area contributed by atoms with E-state index in [-0.39, 0.29) is 5.28 Å². The van der Waals surface area contributed by atoms with Gasteiger partial charge in [0.05, 0.1) is 0 Å². The molecule has 17 heavy (non-hydrogen) atoms. The number of hydrogen-bond donors (Lipinski definition) is 0. The van der Waals surface area contributed by atoms with Crippen LogP contribution in [0.3, 0.4) is 0 Å². The Morgan fingerprint density at radius 1 is 1.24 bits per heavy atom. The van der Waals surface area contributed by atoms with Crippen LogP contribution < -0.4 is 4.90 Å². The number of nitrogens with zero attached hydrogens (tertiary/aromatic N) is 3. The van der Waals surface area contributed by atoms with E-state index in [1.54, 1.807) is 6.20 Å². The number of aromatic nitrogens is 2. The fourth-order valence-electron chi connectivity index (χ4n) is 1.66. The Morgan fingerprint density at radius 3 is 2.71 bits per heavy atom. The predicted octanol–water partition coefficient (Wildman–Crippen LogP) is 3.07. The predicted molar refractivity (Wildman–Crippen MR) is 70.3 cm³/mol. The second kappa shape index (κ2) is 5.15. The van der Waals surface area contributed by atoms with Crippen LogP contribution in [0, 0.1) is 6.92 Å². The third-order valence-electron chi connectivity index (χ3n) is 2.67. The van der Waals surface area contributed by atoms with Crippen molar-refractivity contribution in [3.05, 3.63) is 52.9 Å². The van der Waals surface area contributed by atoms with Gasteiger partial charge >= 0.3 is 0 Å². The third-order valence-corrected chi connectivity index (χ3v) is 2.85. The summed E-state index contributed by atoms with van der Waals surface area (Å²) >= 11 is 5.77. The van der Waals surface area contributed by atoms with Gasteiger partial charge in [0, 0.05) is 19.8 Å². The van der Waals surface area contributed by atoms with Gasteiger partial charge in [-0.15, -0.1) is 0 Å². The Bertz CT molecular complexity index is 514. The molecule has 0 bridgehead atoms. The number of aryl methyl sites for hydroxylation is 1. The minimum atomic E-state index is 0.277. The third kappa shape index (κ3) is 2.94. The zero-order valence-electron chi connectivity index (χ0n) is 9.89. The molecule has 1 aromatic heterocycles. The number of anilines is 1. The minimum Gasteiger partial charge on any atom is -0.355 e. The molecule has 2 rings (SSSR count). The lowest BCUT2D eigenvalue weighted by atomic mass is 10.1. The van der Waals surface area contributed by atoms with Crippen molar-refractivity contribution in [1.82, 2.24) is 9.97 Å². The SMILES string of the molecule is Cc1ccccc1CN(C)c1ccnc(Cl)n1. The topological polar surface area (TPSA) is 29.0 Å². The van der Waals surface area contributed by atoms with Gasteiger partial charge in [-0.05, 0) is 35.7 Å². The van der Waals surface area contributed by atoms with Gasteiger partial charge in [-0.3, -0.25) is 0 Å². The van der Waals surface area contributed by atoms with Crippen molar-refractivity contribution >= 4 is 17.4 Å². The first-order valence-electron chi connectivity index (χ1n) is 5.41. The number of benzene rings is 1. The van der Waals surface area contributed by atoms with Crippen LogP contribution in [-0.2, 0) is 6.54 Å². The molecule has 1 aromatic carbocycles. The molecule has 0 unspecified atom stereocenters. The first kappa shape index (κ1) is 11.9. The maximum Gasteiger partial charge on any atom is 0.224 e. The molecule has 2 aromatic rings. The molecule has 88 valence electrons. The second-order valence-corrected chi connectivity index (χ2v) is 4.30. The molecule has 3 nitrogen and oxygen atoms in total. The van der Waals surface area contributed by atoms with Gasteiger partial charge in [0.1, 0.15) is 5.82 Å². The molecule has 0 saturated heterocycles. The Balaban J connectivity index is 2.17. The van der Waals surface area contributed by atoms with E-state index in [1.807, 2.05) is 25.2 Å². The monoisotopic (exact) mass is 247 g/mol. The molecular weight excluding hydrogens is 234 g/mol. The quantitative estimate of drug-likeness (QED) is 0.781. The first-order chi connectivity index (χ1) is 8.16. The summed E-state index contributed by atoms with van der Waals surface area (Å²) in [6, 6.07) is 10.2. The van der Waals surface area contributed by atoms with E-state index < -0.39 is 0 Å². The van der Waals surface area contributed by atoms with E-state index in [1.165, 1.54) is 11.1 Å². The fraction of sp³-hybridized carbons (Fsp3) is 0.231. The number of halogens is 1. The second-order valence-electron chi connectivity index (χ2n) is 3.97. The van der Waals surface area contributed by atoms with Crippen molar-refractivity contribution < 1.29 is 0 Å². The van der Waals surface area contributed by atoms with Crippen LogP contribution in [0.15, 0.2) is 36.5 Å². The molecular formula is C13H14ClN3. The van der Waals surface area contributed by atoms with E-state index >= 15 is 0 Å². The summed E-state index contributed by atoms with van der Waals surface area (Å²) in [4.78, 5) is 10.1. The summed E-state index contributed by atoms with van der Waals surface area (Å²) in [7, 11) is 1.99. The fourth-order valence-corrected chi connectivity index (χ4v) is 1.81. The van der Waals surface area contributed by atoms with Crippen LogP contribution in [0.25, 0.3) is 0 Å². The molecule has 1 heterocycles. The average Bonchev–Trinajstić information content (AvgIpc) is 2.32. The van der Waals surface area contributed by atoms with Gasteiger partial charge in [0.25, 0.3) is 0 Å². The van der Waals surface area contributed by atoms with Crippen molar-refractivity contribution in [1.29, 1.82) is 0 Å². The largest absolute Gasteiger partial charge is 0.355 e. The number of hydrogen-bond acceptors (Lipinski definition) is 3. The van der Waals surface area contributed by atoms with E-state index in [2.05, 4.69) is 33.9 Å². The van der Waals surface area contributed by atoms with E-state index in [4.69, 9.17) is 11.6 Å². The molecule has 0 spiro atoms. The van der Waals surface area contributed by atoms with Gasteiger partial charge in [-0.25, -0.2) is 9.97 Å². The molecule has 0 radical (unpaired) electrons. The molecule has 0 amide bonds. The summed E-state index contributed by atoms with van der Waals surface area (Å²) in [6.45, 7) is 2.91. The zero-order chi connectivity index (χ0) is 12.3. The van der Waals surface area contributed by atoms with Crippen LogP contribution in [-0.4, -0.2) is 17.0 Å². The summed E-state index contributed by atoms with van der Waals surface area (Å²) in [5.41, 5.74) is 2.56. The lowest BCUT2D eigenvalue weighted by Crippen LogP contribution is -2.18. The summed E-state index contributed by atoms with van der Waals surface area (Å²) in [5, 5.41) is 0.277. The highest BCUT2D eigenvalue weighted by atomic mass is 35.5. The van der Waals surface area contributed by atoms with Gasteiger partial charge in [0.15, 0.2) is 0 Å². The Morgan fingerprint density at radius 2 is 2.00 bits per heavy atom. The van der Waals surface area contributed by atoms with Gasteiger partial charge in [-0.1, -0.05) is 24.3 Å². The maximum absolute atomic E-state index is 5.77. The van der Waals surface area contributed by atoms with Crippen molar-refractivity contribution in [2.45, 2.75) is 13.5 Å². The van der Waals surface area contributed by atoms with Crippen LogP contribution in [0.5, 0.6) is 0 Å². The molecule has 0 atom stereocenters. The molecule has 0 N–H and O–H groups in total. The van der Waals surface area contributed by atoms with Crippen molar-refractivity contribution in [3.8, 4) is 0 Å². The lowest BCUT2D eigenvalue weighted by Gasteiger charge is -2.19. The Labute approximate surface area is 106 Å². The van der Waals surface area contributed by atoms with Gasteiger partial charge in [0.2, 0.25) is 5.28 Å². The van der Waals surface area contributed by atoms with Crippen molar-refractivity contribution in [2.24, 2.45) is 0 Å². The molecule has 0 aliphatic rings. The highest BCUT2D eigenvalue weighted by Gasteiger charge is 2.05. The smallest absolute Gasteiger partial charge is 0.224 e. The standard InChI is InChI=1S/C13H14ClN3/c1-10-5-3-4-6-11(10)9-17(2)12-7-8-15-13(14)16-12/h3-8H,9H2,1-2H3. The molecule has 0 aliphatic carbocycles. The zero-order valence-corrected chi connectivity index (χ0v) is 10.6. The Hall–Kier alpha value is -1.61. The first-order valence-corrected chi connectivity index (χ1v) is 5.79. The van der Waals surface area contributed by atoms with E-state index in [9.17, 15) is 0 Å². The summed E-state index contributed by atoms with van der Waals surface area (Å²) in [6.07, 6.45) is 1.67. The highest BCUT2D eigenvalue weighted by molar-refractivity contribution is 6.28. The van der Waals surface area contributed by atoms with Gasteiger partial charge < -0.3 is 4.90 Å². The maximum atomic E-state index is 5.77. The van der Waals surface area contributed by atoms with Crippen LogP contribution in [0.4, 0.5) is 5.82 Å². The Kier molecular flexibility index (Phi) is 3.59. The van der Waals surface area contributed by atoms with Crippen LogP contribution >= 0.6 is 11.6 Å². The van der Waals surface area contributed by atoms with Crippen LogP contribution in [0.2, 0.25) is 5.28 Å². The summed E-state index contributed by atoms with van der Waals surface area (Å²) < 4.78 is 0. The lowest BCUT2D eigenvalue weighted by molar-refractivity contribution is 0.884. The van der Waals surface area contributed by atoms with Gasteiger partial charge in [-0.2, -0.15) is 0 Å². The van der Waals surface area contributed by atoms with Crippen molar-refractivity contribution in [3.63, 3.8) is 0 Å². The minimum absolute atomic E-state index is 0.277. The van der Waals surface area contributed by atoms with E-state index in [0.717, 1.165) is 12.4 Å². The van der Waals surface area contributed by atoms with Crippen LogP contribution in [0.1, 0.15) is 11.1 Å². The normalized spacial score (nSPS) is 10.3. The molecule has 4 heteroatoms.